The minimum Gasteiger partial charge on any atom is -0.473 e. The number of nitrogens with zero attached hydrogens (tertiary/aromatic N) is 1. The van der Waals surface area contributed by atoms with E-state index in [0.717, 1.165) is 5.56 Å². The number of aromatic nitrogens is 1. The lowest BCUT2D eigenvalue weighted by atomic mass is 10.2. The minimum atomic E-state index is -0.447. The molecule has 0 amide bonds. The highest BCUT2D eigenvalue weighted by Crippen LogP contribution is 2.11. The summed E-state index contributed by atoms with van der Waals surface area (Å²) in [6.07, 6.45) is 1.38. The van der Waals surface area contributed by atoms with Crippen LogP contribution in [0, 0.1) is 5.82 Å². The fourth-order valence-electron chi connectivity index (χ4n) is 1.44. The molecule has 0 aliphatic rings. The third-order valence-corrected chi connectivity index (χ3v) is 2.46. The van der Waals surface area contributed by atoms with E-state index in [0.29, 0.717) is 11.4 Å². The number of ether oxygens (including phenoxy) is 2. The SMILES string of the molecule is COC(=O)c1ccc(OCc2ccc(F)cc2)nc1. The van der Waals surface area contributed by atoms with Crippen LogP contribution in [0.3, 0.4) is 0 Å². The zero-order valence-corrected chi connectivity index (χ0v) is 10.3. The molecule has 0 unspecified atom stereocenters. The van der Waals surface area contributed by atoms with Crippen molar-refractivity contribution in [3.63, 3.8) is 0 Å². The summed E-state index contributed by atoms with van der Waals surface area (Å²) in [5, 5.41) is 0. The molecular weight excluding hydrogens is 249 g/mol. The molecule has 0 fully saturated rings. The summed E-state index contributed by atoms with van der Waals surface area (Å²) in [6.45, 7) is 0.283. The Morgan fingerprint density at radius 2 is 1.95 bits per heavy atom. The number of carbonyl (C=O) groups excluding carboxylic acids is 1. The number of rotatable bonds is 4. The van der Waals surface area contributed by atoms with E-state index in [-0.39, 0.29) is 12.4 Å². The van der Waals surface area contributed by atoms with Crippen molar-refractivity contribution in [1.82, 2.24) is 4.98 Å². The quantitative estimate of drug-likeness (QED) is 0.794. The van der Waals surface area contributed by atoms with Crippen LogP contribution in [0.25, 0.3) is 0 Å². The number of hydrogen-bond acceptors (Lipinski definition) is 4. The Hall–Kier alpha value is -2.43. The van der Waals surface area contributed by atoms with Crippen molar-refractivity contribution < 1.29 is 18.7 Å². The summed E-state index contributed by atoms with van der Waals surface area (Å²) in [5.74, 6) is -0.348. The molecule has 1 aromatic heterocycles. The predicted molar refractivity (Wildman–Crippen MR) is 66.3 cm³/mol. The molecule has 2 aromatic rings. The summed E-state index contributed by atoms with van der Waals surface area (Å²) < 4.78 is 22.7. The molecule has 0 aliphatic heterocycles. The van der Waals surface area contributed by atoms with Crippen LogP contribution in [-0.4, -0.2) is 18.1 Å². The van der Waals surface area contributed by atoms with Gasteiger partial charge in [0.05, 0.1) is 12.7 Å². The molecule has 2 rings (SSSR count). The van der Waals surface area contributed by atoms with Gasteiger partial charge < -0.3 is 9.47 Å². The van der Waals surface area contributed by atoms with E-state index in [1.165, 1.54) is 25.4 Å². The molecule has 1 aromatic carbocycles. The van der Waals surface area contributed by atoms with Gasteiger partial charge >= 0.3 is 5.97 Å². The van der Waals surface area contributed by atoms with Gasteiger partial charge in [0.25, 0.3) is 0 Å². The number of carbonyl (C=O) groups is 1. The highest BCUT2D eigenvalue weighted by Gasteiger charge is 2.05. The highest BCUT2D eigenvalue weighted by molar-refractivity contribution is 5.88. The molecule has 0 spiro atoms. The van der Waals surface area contributed by atoms with Gasteiger partial charge in [-0.1, -0.05) is 12.1 Å². The van der Waals surface area contributed by atoms with Crippen molar-refractivity contribution in [2.24, 2.45) is 0 Å². The van der Waals surface area contributed by atoms with Gasteiger partial charge in [-0.2, -0.15) is 0 Å². The van der Waals surface area contributed by atoms with Crippen LogP contribution in [0.15, 0.2) is 42.6 Å². The maximum atomic E-state index is 12.7. The summed E-state index contributed by atoms with van der Waals surface area (Å²) in [7, 11) is 1.31. The maximum Gasteiger partial charge on any atom is 0.339 e. The van der Waals surface area contributed by atoms with Crippen LogP contribution in [0.4, 0.5) is 4.39 Å². The largest absolute Gasteiger partial charge is 0.473 e. The molecule has 1 heterocycles. The summed E-state index contributed by atoms with van der Waals surface area (Å²) in [6, 6.07) is 9.16. The monoisotopic (exact) mass is 261 g/mol. The van der Waals surface area contributed by atoms with E-state index < -0.39 is 5.97 Å². The number of hydrogen-bond donors (Lipinski definition) is 0. The van der Waals surface area contributed by atoms with Crippen LogP contribution in [-0.2, 0) is 11.3 Å². The average molecular weight is 261 g/mol. The third-order valence-electron chi connectivity index (χ3n) is 2.46. The highest BCUT2D eigenvalue weighted by atomic mass is 19.1. The van der Waals surface area contributed by atoms with Crippen molar-refractivity contribution in [1.29, 1.82) is 0 Å². The first-order valence-corrected chi connectivity index (χ1v) is 5.60. The van der Waals surface area contributed by atoms with E-state index in [2.05, 4.69) is 9.72 Å². The van der Waals surface area contributed by atoms with Crippen LogP contribution in [0.2, 0.25) is 0 Å². The lowest BCUT2D eigenvalue weighted by molar-refractivity contribution is 0.0600. The maximum absolute atomic E-state index is 12.7. The molecule has 19 heavy (non-hydrogen) atoms. The average Bonchev–Trinajstić information content (AvgIpc) is 2.46. The first kappa shape index (κ1) is 13.0. The van der Waals surface area contributed by atoms with Gasteiger partial charge in [-0.25, -0.2) is 14.2 Å². The van der Waals surface area contributed by atoms with Gasteiger partial charge in [0.1, 0.15) is 12.4 Å². The molecule has 98 valence electrons. The van der Waals surface area contributed by atoms with Crippen molar-refractivity contribution in [3.8, 4) is 5.88 Å². The van der Waals surface area contributed by atoms with Crippen LogP contribution >= 0.6 is 0 Å². The molecule has 0 atom stereocenters. The Labute approximate surface area is 109 Å². The Balaban J connectivity index is 1.96. The fourth-order valence-corrected chi connectivity index (χ4v) is 1.44. The lowest BCUT2D eigenvalue weighted by Gasteiger charge is -2.05. The van der Waals surface area contributed by atoms with Crippen molar-refractivity contribution >= 4 is 5.97 Å². The van der Waals surface area contributed by atoms with E-state index in [9.17, 15) is 9.18 Å². The molecule has 0 saturated carbocycles. The number of methoxy groups -OCH3 is 1. The number of halogens is 1. The normalized spacial score (nSPS) is 10.0. The Bertz CT molecular complexity index is 552. The zero-order valence-electron chi connectivity index (χ0n) is 10.3. The second kappa shape index (κ2) is 5.95. The Morgan fingerprint density at radius 1 is 1.21 bits per heavy atom. The van der Waals surface area contributed by atoms with E-state index in [4.69, 9.17) is 4.74 Å². The Kier molecular flexibility index (Phi) is 4.07. The number of benzene rings is 1. The first-order chi connectivity index (χ1) is 9.19. The van der Waals surface area contributed by atoms with Crippen molar-refractivity contribution in [2.45, 2.75) is 6.61 Å². The van der Waals surface area contributed by atoms with E-state index in [1.807, 2.05) is 0 Å². The number of esters is 1. The lowest BCUT2D eigenvalue weighted by Crippen LogP contribution is -2.03. The summed E-state index contributed by atoms with van der Waals surface area (Å²) >= 11 is 0. The Morgan fingerprint density at radius 3 is 2.53 bits per heavy atom. The molecule has 0 bridgehead atoms. The van der Waals surface area contributed by atoms with Crippen molar-refractivity contribution in [3.05, 3.63) is 59.5 Å². The zero-order chi connectivity index (χ0) is 13.7. The second-order valence-corrected chi connectivity index (χ2v) is 3.79. The summed E-state index contributed by atoms with van der Waals surface area (Å²) in [5.41, 5.74) is 1.19. The smallest absolute Gasteiger partial charge is 0.339 e. The molecule has 0 radical (unpaired) electrons. The molecule has 0 N–H and O–H groups in total. The van der Waals surface area contributed by atoms with Gasteiger partial charge in [-0.3, -0.25) is 0 Å². The minimum absolute atomic E-state index is 0.283. The van der Waals surface area contributed by atoms with E-state index in [1.54, 1.807) is 24.3 Å². The van der Waals surface area contributed by atoms with Gasteiger partial charge in [0.15, 0.2) is 0 Å². The number of pyridine rings is 1. The predicted octanol–water partition coefficient (Wildman–Crippen LogP) is 2.59. The van der Waals surface area contributed by atoms with E-state index >= 15 is 0 Å². The second-order valence-electron chi connectivity index (χ2n) is 3.79. The molecule has 0 aliphatic carbocycles. The van der Waals surface area contributed by atoms with Gasteiger partial charge in [-0.15, -0.1) is 0 Å². The standard InChI is InChI=1S/C14H12FNO3/c1-18-14(17)11-4-7-13(16-8-11)19-9-10-2-5-12(15)6-3-10/h2-8H,9H2,1H3. The van der Waals surface area contributed by atoms with Crippen molar-refractivity contribution in [2.75, 3.05) is 7.11 Å². The molecule has 5 heteroatoms. The fraction of sp³-hybridized carbons (Fsp3) is 0.143. The van der Waals surface area contributed by atoms with Crippen LogP contribution in [0.5, 0.6) is 5.88 Å². The third kappa shape index (κ3) is 3.51. The van der Waals surface area contributed by atoms with Gasteiger partial charge in [0, 0.05) is 12.3 Å². The first-order valence-electron chi connectivity index (χ1n) is 5.60. The molecule has 0 saturated heterocycles. The van der Waals surface area contributed by atoms with Gasteiger partial charge in [0.2, 0.25) is 5.88 Å². The van der Waals surface area contributed by atoms with Crippen LogP contribution in [0.1, 0.15) is 15.9 Å². The topological polar surface area (TPSA) is 48.4 Å². The van der Waals surface area contributed by atoms with Gasteiger partial charge in [-0.05, 0) is 23.8 Å². The summed E-state index contributed by atoms with van der Waals surface area (Å²) in [4.78, 5) is 15.2. The molecule has 4 nitrogen and oxygen atoms in total. The van der Waals surface area contributed by atoms with Crippen LogP contribution < -0.4 is 4.74 Å². The molecular formula is C14H12FNO3.